The summed E-state index contributed by atoms with van der Waals surface area (Å²) in [4.78, 5) is 10.5. The summed E-state index contributed by atoms with van der Waals surface area (Å²) < 4.78 is 30.2. The fourth-order valence-corrected chi connectivity index (χ4v) is 2.60. The molecule has 1 unspecified atom stereocenters. The van der Waals surface area contributed by atoms with Crippen LogP contribution in [0.1, 0.15) is 24.4 Å². The Kier molecular flexibility index (Phi) is 3.63. The Balaban J connectivity index is 2.18. The van der Waals surface area contributed by atoms with E-state index in [1.54, 1.807) is 18.2 Å². The predicted molar refractivity (Wildman–Crippen MR) is 68.3 cm³/mol. The maximum absolute atomic E-state index is 11.4. The Hall–Kier alpha value is -1.80. The minimum Gasteiger partial charge on any atom is -0.481 e. The summed E-state index contributed by atoms with van der Waals surface area (Å²) >= 11 is 0. The number of nitrogens with two attached hydrogens (primary N) is 1. The number of nitrogens with one attached hydrogen (secondary N) is 1. The van der Waals surface area contributed by atoms with Gasteiger partial charge in [-0.05, 0) is 24.1 Å². The van der Waals surface area contributed by atoms with Crippen LogP contribution in [-0.2, 0) is 14.8 Å². The number of fused-ring (bicyclic) bond motifs is 1. The zero-order valence-electron chi connectivity index (χ0n) is 10.00. The fraction of sp³-hybridized carbons (Fsp3) is 0.364. The van der Waals surface area contributed by atoms with Gasteiger partial charge >= 0.3 is 5.97 Å². The van der Waals surface area contributed by atoms with Crippen molar-refractivity contribution in [2.75, 3.05) is 10.7 Å². The molecule has 0 radical (unpaired) electrons. The van der Waals surface area contributed by atoms with E-state index >= 15 is 0 Å². The number of hydrogen-bond acceptors (Lipinski definition) is 5. The number of rotatable bonds is 4. The first-order valence-corrected chi connectivity index (χ1v) is 7.27. The first-order chi connectivity index (χ1) is 8.87. The van der Waals surface area contributed by atoms with Gasteiger partial charge in [0, 0.05) is 12.5 Å². The summed E-state index contributed by atoms with van der Waals surface area (Å²) in [6.45, 7) is 0. The van der Waals surface area contributed by atoms with Crippen LogP contribution in [0.4, 0.5) is 5.69 Å². The molecule has 0 saturated carbocycles. The van der Waals surface area contributed by atoms with Crippen molar-refractivity contribution in [1.82, 2.24) is 0 Å². The fourth-order valence-electron chi connectivity index (χ4n) is 1.77. The van der Waals surface area contributed by atoms with E-state index < -0.39 is 28.0 Å². The molecule has 4 N–H and O–H groups in total. The lowest BCUT2D eigenvalue weighted by Gasteiger charge is -2.21. The third-order valence-corrected chi connectivity index (χ3v) is 3.70. The minimum atomic E-state index is -3.47. The first kappa shape index (κ1) is 13.6. The molecule has 0 amide bonds. The van der Waals surface area contributed by atoms with E-state index in [9.17, 15) is 13.2 Å². The lowest BCUT2D eigenvalue weighted by molar-refractivity contribution is -0.137. The molecule has 1 atom stereocenters. The topological polar surface area (TPSA) is 119 Å². The molecular formula is C11H14N2O5S. The second kappa shape index (κ2) is 5.06. The van der Waals surface area contributed by atoms with Crippen molar-refractivity contribution in [3.05, 3.63) is 23.8 Å². The molecule has 1 aliphatic rings. The maximum Gasteiger partial charge on any atom is 0.303 e. The molecular weight excluding hydrogens is 272 g/mol. The van der Waals surface area contributed by atoms with E-state index in [1.807, 2.05) is 0 Å². The van der Waals surface area contributed by atoms with Crippen molar-refractivity contribution in [3.63, 3.8) is 0 Å². The van der Waals surface area contributed by atoms with Crippen LogP contribution in [0.25, 0.3) is 0 Å². The van der Waals surface area contributed by atoms with Crippen LogP contribution in [0, 0.1) is 0 Å². The molecule has 8 heteroatoms. The van der Waals surface area contributed by atoms with E-state index in [4.69, 9.17) is 15.6 Å². The number of carbonyl (C=O) groups is 1. The van der Waals surface area contributed by atoms with Gasteiger partial charge in [0.2, 0.25) is 5.94 Å². The summed E-state index contributed by atoms with van der Waals surface area (Å²) in [6, 6.07) is 4.42. The van der Waals surface area contributed by atoms with Crippen LogP contribution in [0.5, 0.6) is 5.75 Å². The average molecular weight is 286 g/mol. The number of carboxylic acids is 1. The highest BCUT2D eigenvalue weighted by Crippen LogP contribution is 2.32. The van der Waals surface area contributed by atoms with Gasteiger partial charge in [-0.2, -0.15) is 0 Å². The van der Waals surface area contributed by atoms with E-state index in [-0.39, 0.29) is 12.8 Å². The second-order valence-corrected chi connectivity index (χ2v) is 5.94. The molecule has 19 heavy (non-hydrogen) atoms. The van der Waals surface area contributed by atoms with Crippen LogP contribution in [0.15, 0.2) is 18.2 Å². The van der Waals surface area contributed by atoms with Crippen LogP contribution in [0.3, 0.4) is 0 Å². The van der Waals surface area contributed by atoms with Gasteiger partial charge in [0.1, 0.15) is 5.75 Å². The number of hydrogen-bond donors (Lipinski definition) is 3. The highest BCUT2D eigenvalue weighted by molar-refractivity contribution is 7.92. The van der Waals surface area contributed by atoms with Crippen molar-refractivity contribution < 1.29 is 23.1 Å². The monoisotopic (exact) mass is 286 g/mol. The minimum absolute atomic E-state index is 0.0412. The van der Waals surface area contributed by atoms with Crippen LogP contribution >= 0.6 is 0 Å². The van der Waals surface area contributed by atoms with Gasteiger partial charge in [0.15, 0.2) is 0 Å². The first-order valence-electron chi connectivity index (χ1n) is 5.62. The Morgan fingerprint density at radius 2 is 2.26 bits per heavy atom. The number of anilines is 1. The van der Waals surface area contributed by atoms with Crippen molar-refractivity contribution >= 4 is 21.7 Å². The second-order valence-electron chi connectivity index (χ2n) is 4.27. The molecule has 0 spiro atoms. The molecule has 0 aromatic heterocycles. The molecule has 104 valence electrons. The molecule has 1 aliphatic heterocycles. The van der Waals surface area contributed by atoms with Gasteiger partial charge < -0.3 is 15.6 Å². The lowest BCUT2D eigenvalue weighted by atomic mass is 10.0. The van der Waals surface area contributed by atoms with Crippen molar-refractivity contribution in [2.24, 2.45) is 5.73 Å². The van der Waals surface area contributed by atoms with Gasteiger partial charge in [0.25, 0.3) is 10.0 Å². The number of benzene rings is 1. The van der Waals surface area contributed by atoms with Crippen molar-refractivity contribution in [2.45, 2.75) is 18.9 Å². The largest absolute Gasteiger partial charge is 0.481 e. The molecule has 2 rings (SSSR count). The normalized spacial score (nSPS) is 17.7. The van der Waals surface area contributed by atoms with Gasteiger partial charge in [-0.15, -0.1) is 0 Å². The molecule has 1 aromatic carbocycles. The summed E-state index contributed by atoms with van der Waals surface area (Å²) in [5, 5.41) is 8.60. The van der Waals surface area contributed by atoms with Crippen LogP contribution in [0.2, 0.25) is 0 Å². The van der Waals surface area contributed by atoms with Gasteiger partial charge in [0.05, 0.1) is 5.69 Å². The number of sulfonamides is 1. The summed E-state index contributed by atoms with van der Waals surface area (Å²) in [5.74, 6) is -0.897. The Morgan fingerprint density at radius 3 is 2.95 bits per heavy atom. The highest BCUT2D eigenvalue weighted by atomic mass is 32.2. The zero-order valence-corrected chi connectivity index (χ0v) is 10.8. The van der Waals surface area contributed by atoms with Crippen LogP contribution in [-0.4, -0.2) is 25.4 Å². The van der Waals surface area contributed by atoms with E-state index in [1.165, 1.54) is 0 Å². The SMILES string of the molecule is NC(CCC(=O)O)c1ccc2c(c1)NS(=O)(=O)CO2. The Bertz CT molecular complexity index is 599. The number of aliphatic carboxylic acids is 1. The molecule has 1 aromatic rings. The number of carboxylic acid groups (broad SMARTS) is 1. The maximum atomic E-state index is 11.4. The molecule has 0 fully saturated rings. The molecule has 1 heterocycles. The lowest BCUT2D eigenvalue weighted by Crippen LogP contribution is -2.25. The molecule has 7 nitrogen and oxygen atoms in total. The molecule has 0 saturated heterocycles. The predicted octanol–water partition coefficient (Wildman–Crippen LogP) is 0.643. The molecule has 0 aliphatic carbocycles. The molecule has 0 bridgehead atoms. The average Bonchev–Trinajstić information content (AvgIpc) is 2.33. The summed E-state index contributed by atoms with van der Waals surface area (Å²) in [6.07, 6.45) is 0.238. The highest BCUT2D eigenvalue weighted by Gasteiger charge is 2.22. The van der Waals surface area contributed by atoms with Crippen LogP contribution < -0.4 is 15.2 Å². The quantitative estimate of drug-likeness (QED) is 0.747. The van der Waals surface area contributed by atoms with E-state index in [2.05, 4.69) is 4.72 Å². The third-order valence-electron chi connectivity index (χ3n) is 2.74. The van der Waals surface area contributed by atoms with Crippen molar-refractivity contribution in [3.8, 4) is 5.75 Å². The van der Waals surface area contributed by atoms with Crippen molar-refractivity contribution in [1.29, 1.82) is 0 Å². The Labute approximate surface area is 110 Å². The third kappa shape index (κ3) is 3.36. The Morgan fingerprint density at radius 1 is 1.53 bits per heavy atom. The van der Waals surface area contributed by atoms with E-state index in [0.29, 0.717) is 17.0 Å². The summed E-state index contributed by atoms with van der Waals surface area (Å²) in [5.41, 5.74) is 6.85. The zero-order chi connectivity index (χ0) is 14.0. The van der Waals surface area contributed by atoms with Gasteiger partial charge in [-0.25, -0.2) is 8.42 Å². The smallest absolute Gasteiger partial charge is 0.303 e. The van der Waals surface area contributed by atoms with Gasteiger partial charge in [-0.3, -0.25) is 9.52 Å². The van der Waals surface area contributed by atoms with E-state index in [0.717, 1.165) is 0 Å². The number of ether oxygens (including phenoxy) is 1. The van der Waals surface area contributed by atoms with Gasteiger partial charge in [-0.1, -0.05) is 6.07 Å². The standard InChI is InChI=1S/C11H14N2O5S/c12-8(2-4-11(14)15)7-1-3-10-9(5-7)13-19(16,17)6-18-10/h1,3,5,8,13H,2,4,6,12H2,(H,14,15). The summed E-state index contributed by atoms with van der Waals surface area (Å²) in [7, 11) is -3.47.